The van der Waals surface area contributed by atoms with Gasteiger partial charge in [-0.05, 0) is 43.2 Å². The van der Waals surface area contributed by atoms with Crippen molar-refractivity contribution in [3.05, 3.63) is 29.3 Å². The van der Waals surface area contributed by atoms with E-state index in [0.29, 0.717) is 12.3 Å². The van der Waals surface area contributed by atoms with Crippen molar-refractivity contribution in [2.75, 3.05) is 23.4 Å². The summed E-state index contributed by atoms with van der Waals surface area (Å²) in [6, 6.07) is 5.46. The van der Waals surface area contributed by atoms with Gasteiger partial charge in [-0.25, -0.2) is 0 Å². The first-order valence-electron chi connectivity index (χ1n) is 7.51. The second kappa shape index (κ2) is 6.25. The third-order valence-electron chi connectivity index (χ3n) is 4.38. The van der Waals surface area contributed by atoms with E-state index in [9.17, 15) is 13.2 Å². The number of nitriles is 1. The Kier molecular flexibility index (Phi) is 4.47. The number of ether oxygens (including phenoxy) is 1. The number of hydrogen-bond acceptors (Lipinski definition) is 4. The van der Waals surface area contributed by atoms with Crippen LogP contribution in [0.5, 0.6) is 0 Å². The minimum absolute atomic E-state index is 0.0927. The zero-order chi connectivity index (χ0) is 16.5. The van der Waals surface area contributed by atoms with Gasteiger partial charge >= 0.3 is 6.18 Å². The Labute approximate surface area is 137 Å². The SMILES string of the molecule is N#Cc1cc(N[C@H]2CCO[C@]3(CCSC3)C2)ccc1C(F)(F)F. The minimum Gasteiger partial charge on any atom is -0.382 e. The fourth-order valence-electron chi connectivity index (χ4n) is 3.22. The Hall–Kier alpha value is -1.39. The third kappa shape index (κ3) is 3.59. The monoisotopic (exact) mass is 342 g/mol. The highest BCUT2D eigenvalue weighted by Crippen LogP contribution is 2.39. The van der Waals surface area contributed by atoms with Crippen molar-refractivity contribution in [1.82, 2.24) is 0 Å². The minimum atomic E-state index is -4.51. The van der Waals surface area contributed by atoms with Crippen LogP contribution in [0.2, 0.25) is 0 Å². The summed E-state index contributed by atoms with van der Waals surface area (Å²) in [7, 11) is 0. The maximum Gasteiger partial charge on any atom is 0.417 e. The van der Waals surface area contributed by atoms with Crippen LogP contribution in [0.25, 0.3) is 0 Å². The van der Waals surface area contributed by atoms with Crippen molar-refractivity contribution >= 4 is 17.4 Å². The number of nitrogens with one attached hydrogen (secondary N) is 1. The van der Waals surface area contributed by atoms with Crippen molar-refractivity contribution in [2.45, 2.75) is 37.1 Å². The smallest absolute Gasteiger partial charge is 0.382 e. The van der Waals surface area contributed by atoms with E-state index in [1.165, 1.54) is 12.1 Å². The van der Waals surface area contributed by atoms with Crippen molar-refractivity contribution in [1.29, 1.82) is 5.26 Å². The first kappa shape index (κ1) is 16.5. The lowest BCUT2D eigenvalue weighted by molar-refractivity contribution is -0.137. The fraction of sp³-hybridized carbons (Fsp3) is 0.562. The molecule has 2 aliphatic rings. The van der Waals surface area contributed by atoms with Gasteiger partial charge in [-0.3, -0.25) is 0 Å². The average molecular weight is 342 g/mol. The van der Waals surface area contributed by atoms with Crippen LogP contribution >= 0.6 is 11.8 Å². The van der Waals surface area contributed by atoms with Crippen LogP contribution in [0.4, 0.5) is 18.9 Å². The van der Waals surface area contributed by atoms with E-state index in [1.807, 2.05) is 11.8 Å². The van der Waals surface area contributed by atoms with Crippen LogP contribution < -0.4 is 5.32 Å². The predicted octanol–water partition coefficient (Wildman–Crippen LogP) is 4.04. The van der Waals surface area contributed by atoms with Gasteiger partial charge in [0.05, 0.1) is 22.8 Å². The highest BCUT2D eigenvalue weighted by atomic mass is 32.2. The second-order valence-electron chi connectivity index (χ2n) is 6.04. The van der Waals surface area contributed by atoms with Crippen molar-refractivity contribution in [3.63, 3.8) is 0 Å². The molecule has 2 heterocycles. The highest BCUT2D eigenvalue weighted by molar-refractivity contribution is 7.99. The molecule has 0 bridgehead atoms. The average Bonchev–Trinajstić information content (AvgIpc) is 2.93. The topological polar surface area (TPSA) is 45.0 Å². The molecule has 1 N–H and O–H groups in total. The first-order chi connectivity index (χ1) is 10.9. The quantitative estimate of drug-likeness (QED) is 0.881. The van der Waals surface area contributed by atoms with Crippen molar-refractivity contribution in [2.24, 2.45) is 0 Å². The molecule has 1 spiro atoms. The normalized spacial score (nSPS) is 27.8. The molecule has 0 unspecified atom stereocenters. The van der Waals surface area contributed by atoms with Gasteiger partial charge in [0.15, 0.2) is 0 Å². The maximum absolute atomic E-state index is 12.8. The lowest BCUT2D eigenvalue weighted by atomic mass is 9.89. The highest BCUT2D eigenvalue weighted by Gasteiger charge is 2.40. The Balaban J connectivity index is 1.74. The number of nitrogens with zero attached hydrogens (tertiary/aromatic N) is 1. The van der Waals surface area contributed by atoms with Gasteiger partial charge in [0.2, 0.25) is 0 Å². The van der Waals surface area contributed by atoms with Gasteiger partial charge in [-0.1, -0.05) is 0 Å². The van der Waals surface area contributed by atoms with Crippen LogP contribution in [0.3, 0.4) is 0 Å². The van der Waals surface area contributed by atoms with E-state index in [-0.39, 0.29) is 17.2 Å². The summed E-state index contributed by atoms with van der Waals surface area (Å²) in [5.41, 5.74) is -0.769. The number of anilines is 1. The Morgan fingerprint density at radius 3 is 2.87 bits per heavy atom. The largest absolute Gasteiger partial charge is 0.417 e. The second-order valence-corrected chi connectivity index (χ2v) is 7.14. The van der Waals surface area contributed by atoms with E-state index in [1.54, 1.807) is 6.07 Å². The molecular weight excluding hydrogens is 325 g/mol. The zero-order valence-electron chi connectivity index (χ0n) is 12.4. The molecule has 1 aromatic rings. The summed E-state index contributed by atoms with van der Waals surface area (Å²) in [4.78, 5) is 0. The van der Waals surface area contributed by atoms with E-state index in [2.05, 4.69) is 5.32 Å². The zero-order valence-corrected chi connectivity index (χ0v) is 13.3. The van der Waals surface area contributed by atoms with Crippen LogP contribution in [-0.2, 0) is 10.9 Å². The van der Waals surface area contributed by atoms with Gasteiger partial charge < -0.3 is 10.1 Å². The van der Waals surface area contributed by atoms with Crippen LogP contribution in [0.1, 0.15) is 30.4 Å². The number of hydrogen-bond donors (Lipinski definition) is 1. The molecule has 23 heavy (non-hydrogen) atoms. The number of alkyl halides is 3. The number of benzene rings is 1. The molecule has 2 aliphatic heterocycles. The maximum atomic E-state index is 12.8. The Morgan fingerprint density at radius 2 is 2.22 bits per heavy atom. The summed E-state index contributed by atoms with van der Waals surface area (Å²) in [6.07, 6.45) is -1.82. The number of thioether (sulfide) groups is 1. The van der Waals surface area contributed by atoms with Crippen LogP contribution in [0.15, 0.2) is 18.2 Å². The summed E-state index contributed by atoms with van der Waals surface area (Å²) >= 11 is 1.88. The molecule has 0 aliphatic carbocycles. The summed E-state index contributed by atoms with van der Waals surface area (Å²) in [6.45, 7) is 0.657. The summed E-state index contributed by atoms with van der Waals surface area (Å²) in [5.74, 6) is 2.06. The van der Waals surface area contributed by atoms with Crippen molar-refractivity contribution in [3.8, 4) is 6.07 Å². The standard InChI is InChI=1S/C16H17F3N2OS/c17-16(18,19)14-2-1-12(7-11(14)9-20)21-13-3-5-22-15(8-13)4-6-23-10-15/h1-2,7,13,21H,3-6,8,10H2/t13-,15+/m0/s1. The molecule has 7 heteroatoms. The molecule has 0 amide bonds. The van der Waals surface area contributed by atoms with Gasteiger partial charge in [-0.2, -0.15) is 30.2 Å². The third-order valence-corrected chi connectivity index (χ3v) is 5.60. The molecule has 2 fully saturated rings. The lowest BCUT2D eigenvalue weighted by Crippen LogP contribution is -2.44. The molecule has 2 atom stereocenters. The lowest BCUT2D eigenvalue weighted by Gasteiger charge is -2.38. The molecule has 0 aromatic heterocycles. The van der Waals surface area contributed by atoms with Gasteiger partial charge in [0.25, 0.3) is 0 Å². The van der Waals surface area contributed by atoms with Gasteiger partial charge in [-0.15, -0.1) is 0 Å². The number of halogens is 3. The molecule has 2 saturated heterocycles. The van der Waals surface area contributed by atoms with E-state index < -0.39 is 11.7 Å². The number of rotatable bonds is 2. The molecule has 0 saturated carbocycles. The van der Waals surface area contributed by atoms with Crippen molar-refractivity contribution < 1.29 is 17.9 Å². The van der Waals surface area contributed by atoms with E-state index in [4.69, 9.17) is 10.00 Å². The molecule has 124 valence electrons. The molecule has 1 aromatic carbocycles. The van der Waals surface area contributed by atoms with Crippen LogP contribution in [0, 0.1) is 11.3 Å². The molecule has 0 radical (unpaired) electrons. The summed E-state index contributed by atoms with van der Waals surface area (Å²) < 4.78 is 44.4. The molecular formula is C16H17F3N2OS. The van der Waals surface area contributed by atoms with Gasteiger partial charge in [0.1, 0.15) is 0 Å². The Morgan fingerprint density at radius 1 is 1.39 bits per heavy atom. The predicted molar refractivity (Wildman–Crippen MR) is 83.4 cm³/mol. The van der Waals surface area contributed by atoms with Crippen LogP contribution in [-0.4, -0.2) is 29.8 Å². The van der Waals surface area contributed by atoms with E-state index >= 15 is 0 Å². The fourth-order valence-corrected chi connectivity index (χ4v) is 4.60. The Bertz CT molecular complexity index is 621. The van der Waals surface area contributed by atoms with Gasteiger partial charge in [0, 0.05) is 24.1 Å². The van der Waals surface area contributed by atoms with E-state index in [0.717, 1.165) is 36.8 Å². The first-order valence-corrected chi connectivity index (χ1v) is 8.67. The summed E-state index contributed by atoms with van der Waals surface area (Å²) in [5, 5.41) is 12.3. The molecule has 3 nitrogen and oxygen atoms in total. The molecule has 3 rings (SSSR count).